The molecule has 1 heterocycles. The van der Waals surface area contributed by atoms with E-state index in [0.717, 1.165) is 0 Å². The summed E-state index contributed by atoms with van der Waals surface area (Å²) in [6, 6.07) is 4.62. The van der Waals surface area contributed by atoms with Crippen LogP contribution in [0.15, 0.2) is 22.8 Å². The van der Waals surface area contributed by atoms with Gasteiger partial charge in [0, 0.05) is 6.54 Å². The molecule has 88 valence electrons. The maximum Gasteiger partial charge on any atom is 0.390 e. The average molecular weight is 297 g/mol. The number of aromatic nitrogens is 1. The highest BCUT2D eigenvalue weighted by atomic mass is 79.9. The second-order valence-corrected chi connectivity index (χ2v) is 3.78. The molecule has 0 aliphatic heterocycles. The van der Waals surface area contributed by atoms with Gasteiger partial charge in [0.15, 0.2) is 0 Å². The molecule has 1 rings (SSSR count). The van der Waals surface area contributed by atoms with Crippen molar-refractivity contribution in [3.8, 4) is 0 Å². The lowest BCUT2D eigenvalue weighted by Crippen LogP contribution is -2.28. The van der Waals surface area contributed by atoms with Crippen molar-refractivity contribution in [1.29, 1.82) is 0 Å². The Bertz CT molecular complexity index is 381. The molecule has 1 aromatic rings. The van der Waals surface area contributed by atoms with E-state index in [1.807, 2.05) is 0 Å². The standard InChI is InChI=1S/C9H8BrF3N2O/c10-7-3-1-2-6(15-7)8(16)14-5-4-9(11,12)13/h1-3H,4-5H2,(H,14,16). The number of pyridine rings is 1. The van der Waals surface area contributed by atoms with E-state index in [2.05, 4.69) is 26.2 Å². The van der Waals surface area contributed by atoms with Crippen LogP contribution in [0.1, 0.15) is 16.9 Å². The Hall–Kier alpha value is -1.11. The first-order chi connectivity index (χ1) is 7.38. The topological polar surface area (TPSA) is 42.0 Å². The van der Waals surface area contributed by atoms with E-state index in [1.54, 1.807) is 12.1 Å². The van der Waals surface area contributed by atoms with Crippen LogP contribution in [0.3, 0.4) is 0 Å². The van der Waals surface area contributed by atoms with Crippen LogP contribution in [-0.2, 0) is 0 Å². The summed E-state index contributed by atoms with van der Waals surface area (Å²) < 4.78 is 35.8. The summed E-state index contributed by atoms with van der Waals surface area (Å²) >= 11 is 3.06. The fourth-order valence-electron chi connectivity index (χ4n) is 0.943. The van der Waals surface area contributed by atoms with Gasteiger partial charge in [0.25, 0.3) is 5.91 Å². The maximum atomic E-state index is 11.8. The van der Waals surface area contributed by atoms with Gasteiger partial charge < -0.3 is 5.32 Å². The van der Waals surface area contributed by atoms with Crippen molar-refractivity contribution in [2.24, 2.45) is 0 Å². The van der Waals surface area contributed by atoms with Crippen LogP contribution in [0.2, 0.25) is 0 Å². The Kier molecular flexibility index (Phi) is 4.28. The minimum atomic E-state index is -4.27. The molecule has 0 aromatic carbocycles. The highest BCUT2D eigenvalue weighted by Gasteiger charge is 2.26. The minimum absolute atomic E-state index is 0.0801. The molecule has 0 aliphatic rings. The first-order valence-corrected chi connectivity index (χ1v) is 5.15. The number of halogens is 4. The van der Waals surface area contributed by atoms with Gasteiger partial charge in [-0.1, -0.05) is 6.07 Å². The van der Waals surface area contributed by atoms with Crippen molar-refractivity contribution in [3.63, 3.8) is 0 Å². The fourth-order valence-corrected chi connectivity index (χ4v) is 1.29. The first kappa shape index (κ1) is 13.0. The summed E-state index contributed by atoms with van der Waals surface area (Å²) in [7, 11) is 0. The second kappa shape index (κ2) is 5.29. The average Bonchev–Trinajstić information content (AvgIpc) is 2.15. The Labute approximate surface area is 98.2 Å². The molecule has 16 heavy (non-hydrogen) atoms. The highest BCUT2D eigenvalue weighted by Crippen LogP contribution is 2.18. The summed E-state index contributed by atoms with van der Waals surface area (Å²) in [4.78, 5) is 15.1. The van der Waals surface area contributed by atoms with Crippen LogP contribution in [0.25, 0.3) is 0 Å². The fraction of sp³-hybridized carbons (Fsp3) is 0.333. The highest BCUT2D eigenvalue weighted by molar-refractivity contribution is 9.10. The number of alkyl halides is 3. The first-order valence-electron chi connectivity index (χ1n) is 4.36. The number of amides is 1. The molecular formula is C9H8BrF3N2O. The van der Waals surface area contributed by atoms with Gasteiger partial charge in [0.05, 0.1) is 6.42 Å². The summed E-state index contributed by atoms with van der Waals surface area (Å²) in [6.45, 7) is -0.448. The van der Waals surface area contributed by atoms with E-state index in [1.165, 1.54) is 6.07 Å². The summed E-state index contributed by atoms with van der Waals surface area (Å²) in [5.41, 5.74) is 0.0801. The molecule has 0 atom stereocenters. The van der Waals surface area contributed by atoms with Crippen molar-refractivity contribution in [2.45, 2.75) is 12.6 Å². The molecule has 0 radical (unpaired) electrons. The third kappa shape index (κ3) is 4.61. The van der Waals surface area contributed by atoms with Gasteiger partial charge in [-0.3, -0.25) is 4.79 Å². The number of nitrogens with zero attached hydrogens (tertiary/aromatic N) is 1. The molecule has 0 unspecified atom stereocenters. The van der Waals surface area contributed by atoms with Crippen LogP contribution < -0.4 is 5.32 Å². The van der Waals surface area contributed by atoms with E-state index in [4.69, 9.17) is 0 Å². The van der Waals surface area contributed by atoms with Gasteiger partial charge in [0.1, 0.15) is 10.3 Å². The van der Waals surface area contributed by atoms with Crippen molar-refractivity contribution >= 4 is 21.8 Å². The number of hydrogen-bond donors (Lipinski definition) is 1. The number of carbonyl (C=O) groups excluding carboxylic acids is 1. The van der Waals surface area contributed by atoms with E-state index in [0.29, 0.717) is 4.60 Å². The van der Waals surface area contributed by atoms with Crippen molar-refractivity contribution in [2.75, 3.05) is 6.54 Å². The zero-order chi connectivity index (χ0) is 12.2. The lowest BCUT2D eigenvalue weighted by molar-refractivity contribution is -0.132. The summed E-state index contributed by atoms with van der Waals surface area (Å²) in [6.07, 6.45) is -5.31. The van der Waals surface area contributed by atoms with Crippen LogP contribution in [0, 0.1) is 0 Å². The molecule has 0 bridgehead atoms. The number of hydrogen-bond acceptors (Lipinski definition) is 2. The normalized spacial score (nSPS) is 11.2. The van der Waals surface area contributed by atoms with Crippen molar-refractivity contribution in [1.82, 2.24) is 10.3 Å². The molecule has 0 saturated carbocycles. The van der Waals surface area contributed by atoms with E-state index < -0.39 is 25.0 Å². The molecule has 0 aliphatic carbocycles. The zero-order valence-electron chi connectivity index (χ0n) is 8.01. The molecule has 3 nitrogen and oxygen atoms in total. The van der Waals surface area contributed by atoms with Crippen LogP contribution in [-0.4, -0.2) is 23.6 Å². The third-order valence-corrected chi connectivity index (χ3v) is 2.08. The number of carbonyl (C=O) groups is 1. The van der Waals surface area contributed by atoms with Crippen LogP contribution >= 0.6 is 15.9 Å². The van der Waals surface area contributed by atoms with E-state index in [-0.39, 0.29) is 5.69 Å². The summed E-state index contributed by atoms with van der Waals surface area (Å²) in [5.74, 6) is -0.620. The van der Waals surface area contributed by atoms with Crippen molar-refractivity contribution < 1.29 is 18.0 Å². The van der Waals surface area contributed by atoms with Crippen molar-refractivity contribution in [3.05, 3.63) is 28.5 Å². The molecule has 1 aromatic heterocycles. The van der Waals surface area contributed by atoms with Gasteiger partial charge in [-0.05, 0) is 28.1 Å². The second-order valence-electron chi connectivity index (χ2n) is 2.97. The van der Waals surface area contributed by atoms with E-state index >= 15 is 0 Å². The molecule has 0 spiro atoms. The zero-order valence-corrected chi connectivity index (χ0v) is 9.60. The SMILES string of the molecule is O=C(NCCC(F)(F)F)c1cccc(Br)n1. The lowest BCUT2D eigenvalue weighted by atomic mass is 10.3. The Morgan fingerprint density at radius 2 is 2.12 bits per heavy atom. The smallest absolute Gasteiger partial charge is 0.350 e. The van der Waals surface area contributed by atoms with Gasteiger partial charge >= 0.3 is 6.18 Å². The molecule has 0 fully saturated rings. The molecule has 1 N–H and O–H groups in total. The Morgan fingerprint density at radius 1 is 1.44 bits per heavy atom. The van der Waals surface area contributed by atoms with E-state index in [9.17, 15) is 18.0 Å². The Morgan fingerprint density at radius 3 is 2.69 bits per heavy atom. The lowest BCUT2D eigenvalue weighted by Gasteiger charge is -2.07. The predicted octanol–water partition coefficient (Wildman–Crippen LogP) is 2.53. The van der Waals surface area contributed by atoms with Gasteiger partial charge in [0.2, 0.25) is 0 Å². The largest absolute Gasteiger partial charge is 0.390 e. The van der Waals surface area contributed by atoms with Gasteiger partial charge in [-0.25, -0.2) is 4.98 Å². The molecule has 1 amide bonds. The van der Waals surface area contributed by atoms with Gasteiger partial charge in [-0.15, -0.1) is 0 Å². The number of rotatable bonds is 3. The quantitative estimate of drug-likeness (QED) is 0.871. The predicted molar refractivity (Wildman–Crippen MR) is 54.9 cm³/mol. The minimum Gasteiger partial charge on any atom is -0.350 e. The summed E-state index contributed by atoms with van der Waals surface area (Å²) in [5, 5.41) is 2.14. The monoisotopic (exact) mass is 296 g/mol. The molecular weight excluding hydrogens is 289 g/mol. The number of nitrogens with one attached hydrogen (secondary N) is 1. The van der Waals surface area contributed by atoms with Gasteiger partial charge in [-0.2, -0.15) is 13.2 Å². The van der Waals surface area contributed by atoms with Crippen LogP contribution in [0.4, 0.5) is 13.2 Å². The third-order valence-electron chi connectivity index (χ3n) is 1.64. The molecule has 7 heteroatoms. The van der Waals surface area contributed by atoms with Crippen LogP contribution in [0.5, 0.6) is 0 Å². The maximum absolute atomic E-state index is 11.8. The molecule has 0 saturated heterocycles. The Balaban J connectivity index is 2.47.